The maximum atomic E-state index is 5.66. The normalized spacial score (nSPS) is 19.9. The fraction of sp³-hybridized carbons (Fsp3) is 0.600. The Balaban J connectivity index is 1.62. The summed E-state index contributed by atoms with van der Waals surface area (Å²) < 4.78 is 5.66. The Morgan fingerprint density at radius 1 is 1.28 bits per heavy atom. The Hall–Kier alpha value is -0.900. The van der Waals surface area contributed by atoms with E-state index in [1.54, 1.807) is 0 Å². The predicted octanol–water partition coefficient (Wildman–Crippen LogP) is 1.72. The predicted molar refractivity (Wildman–Crippen MR) is 74.8 cm³/mol. The molecule has 1 aromatic carbocycles. The molecule has 0 bridgehead atoms. The number of ether oxygens (including phenoxy) is 1. The molecule has 3 heteroatoms. The van der Waals surface area contributed by atoms with Gasteiger partial charge in [0.15, 0.2) is 0 Å². The molecule has 0 amide bonds. The van der Waals surface area contributed by atoms with Crippen molar-refractivity contribution in [1.29, 1.82) is 0 Å². The van der Waals surface area contributed by atoms with E-state index in [1.165, 1.54) is 11.1 Å². The summed E-state index contributed by atoms with van der Waals surface area (Å²) in [6, 6.07) is 8.85. The first-order chi connectivity index (χ1) is 8.88. The number of hydrogen-bond acceptors (Lipinski definition) is 3. The lowest BCUT2D eigenvalue weighted by Gasteiger charge is -2.23. The molecule has 1 saturated heterocycles. The molecule has 1 unspecified atom stereocenters. The van der Waals surface area contributed by atoms with Gasteiger partial charge in [-0.3, -0.25) is 0 Å². The zero-order chi connectivity index (χ0) is 12.6. The van der Waals surface area contributed by atoms with Crippen molar-refractivity contribution in [3.63, 3.8) is 0 Å². The van der Waals surface area contributed by atoms with Crippen molar-refractivity contribution in [2.75, 3.05) is 26.2 Å². The Morgan fingerprint density at radius 3 is 2.72 bits per heavy atom. The smallest absolute Gasteiger partial charge is 0.0712 e. The molecule has 0 spiro atoms. The highest BCUT2D eigenvalue weighted by Gasteiger charge is 2.11. The summed E-state index contributed by atoms with van der Waals surface area (Å²) in [5.74, 6) is 0. The van der Waals surface area contributed by atoms with Crippen LogP contribution in [0.5, 0.6) is 0 Å². The van der Waals surface area contributed by atoms with Crippen LogP contribution in [0.15, 0.2) is 24.3 Å². The van der Waals surface area contributed by atoms with Gasteiger partial charge in [-0.05, 0) is 30.5 Å². The third-order valence-electron chi connectivity index (χ3n) is 3.41. The summed E-state index contributed by atoms with van der Waals surface area (Å²) in [6.45, 7) is 6.99. The largest absolute Gasteiger partial charge is 0.376 e. The second-order valence-electron chi connectivity index (χ2n) is 4.83. The average molecular weight is 248 g/mol. The van der Waals surface area contributed by atoms with Crippen molar-refractivity contribution >= 4 is 0 Å². The van der Waals surface area contributed by atoms with Crippen molar-refractivity contribution in [2.24, 2.45) is 0 Å². The van der Waals surface area contributed by atoms with Crippen LogP contribution in [-0.4, -0.2) is 32.3 Å². The van der Waals surface area contributed by atoms with Gasteiger partial charge in [0.1, 0.15) is 0 Å². The molecule has 0 aliphatic carbocycles. The molecule has 1 atom stereocenters. The number of aryl methyl sites for hydroxylation is 1. The van der Waals surface area contributed by atoms with E-state index in [0.717, 1.165) is 45.6 Å². The van der Waals surface area contributed by atoms with Crippen LogP contribution in [-0.2, 0) is 17.7 Å². The Kier molecular flexibility index (Phi) is 5.65. The zero-order valence-corrected chi connectivity index (χ0v) is 11.2. The number of benzene rings is 1. The SMILES string of the molecule is CCc1ccc(CNCCC2CNCCO2)cc1. The zero-order valence-electron chi connectivity index (χ0n) is 11.2. The first-order valence-corrected chi connectivity index (χ1v) is 6.99. The van der Waals surface area contributed by atoms with Gasteiger partial charge in [0.2, 0.25) is 0 Å². The average Bonchev–Trinajstić information content (AvgIpc) is 2.45. The summed E-state index contributed by atoms with van der Waals surface area (Å²) in [6.07, 6.45) is 2.58. The van der Waals surface area contributed by atoms with Gasteiger partial charge in [0, 0.05) is 19.6 Å². The number of hydrogen-bond donors (Lipinski definition) is 2. The summed E-state index contributed by atoms with van der Waals surface area (Å²) in [7, 11) is 0. The van der Waals surface area contributed by atoms with Crippen LogP contribution in [0.1, 0.15) is 24.5 Å². The molecule has 1 heterocycles. The van der Waals surface area contributed by atoms with Gasteiger partial charge < -0.3 is 15.4 Å². The van der Waals surface area contributed by atoms with E-state index >= 15 is 0 Å². The minimum absolute atomic E-state index is 0.383. The first-order valence-electron chi connectivity index (χ1n) is 6.99. The molecule has 18 heavy (non-hydrogen) atoms. The Morgan fingerprint density at radius 2 is 2.06 bits per heavy atom. The number of rotatable bonds is 6. The molecule has 0 radical (unpaired) electrons. The molecule has 2 rings (SSSR count). The third kappa shape index (κ3) is 4.41. The van der Waals surface area contributed by atoms with Gasteiger partial charge in [0.05, 0.1) is 12.7 Å². The summed E-state index contributed by atoms with van der Waals surface area (Å²) >= 11 is 0. The molecule has 3 nitrogen and oxygen atoms in total. The molecule has 1 aromatic rings. The maximum Gasteiger partial charge on any atom is 0.0712 e. The molecular formula is C15H24N2O. The van der Waals surface area contributed by atoms with E-state index in [-0.39, 0.29) is 0 Å². The van der Waals surface area contributed by atoms with E-state index in [0.29, 0.717) is 6.10 Å². The fourth-order valence-electron chi connectivity index (χ4n) is 2.19. The van der Waals surface area contributed by atoms with Gasteiger partial charge >= 0.3 is 0 Å². The van der Waals surface area contributed by atoms with Crippen LogP contribution in [0.2, 0.25) is 0 Å². The standard InChI is InChI=1S/C15H24N2O/c1-2-13-3-5-14(6-4-13)11-16-8-7-15-12-17-9-10-18-15/h3-6,15-17H,2,7-12H2,1H3. The van der Waals surface area contributed by atoms with Crippen molar-refractivity contribution in [1.82, 2.24) is 10.6 Å². The lowest BCUT2D eigenvalue weighted by Crippen LogP contribution is -2.39. The van der Waals surface area contributed by atoms with Gasteiger partial charge in [-0.1, -0.05) is 31.2 Å². The van der Waals surface area contributed by atoms with Crippen LogP contribution in [0.25, 0.3) is 0 Å². The minimum Gasteiger partial charge on any atom is -0.376 e. The van der Waals surface area contributed by atoms with Crippen molar-refractivity contribution in [3.05, 3.63) is 35.4 Å². The van der Waals surface area contributed by atoms with Gasteiger partial charge in [-0.15, -0.1) is 0 Å². The second kappa shape index (κ2) is 7.52. The highest BCUT2D eigenvalue weighted by atomic mass is 16.5. The molecular weight excluding hydrogens is 224 g/mol. The van der Waals surface area contributed by atoms with Crippen molar-refractivity contribution in [3.8, 4) is 0 Å². The fourth-order valence-corrected chi connectivity index (χ4v) is 2.19. The molecule has 0 aromatic heterocycles. The van der Waals surface area contributed by atoms with Gasteiger partial charge in [0.25, 0.3) is 0 Å². The van der Waals surface area contributed by atoms with Crippen LogP contribution >= 0.6 is 0 Å². The lowest BCUT2D eigenvalue weighted by molar-refractivity contribution is 0.0238. The van der Waals surface area contributed by atoms with Crippen molar-refractivity contribution in [2.45, 2.75) is 32.4 Å². The Bertz CT molecular complexity index is 331. The monoisotopic (exact) mass is 248 g/mol. The Labute approximate surface area is 110 Å². The number of morpholine rings is 1. The lowest BCUT2D eigenvalue weighted by atomic mass is 10.1. The van der Waals surface area contributed by atoms with Gasteiger partial charge in [-0.25, -0.2) is 0 Å². The van der Waals surface area contributed by atoms with Gasteiger partial charge in [-0.2, -0.15) is 0 Å². The topological polar surface area (TPSA) is 33.3 Å². The summed E-state index contributed by atoms with van der Waals surface area (Å²) in [5, 5.41) is 6.83. The number of nitrogens with one attached hydrogen (secondary N) is 2. The van der Waals surface area contributed by atoms with E-state index in [4.69, 9.17) is 4.74 Å². The van der Waals surface area contributed by atoms with E-state index in [2.05, 4.69) is 41.8 Å². The second-order valence-corrected chi connectivity index (χ2v) is 4.83. The highest BCUT2D eigenvalue weighted by Crippen LogP contribution is 2.05. The van der Waals surface area contributed by atoms with Crippen molar-refractivity contribution < 1.29 is 4.74 Å². The summed E-state index contributed by atoms with van der Waals surface area (Å²) in [4.78, 5) is 0. The van der Waals surface area contributed by atoms with Crippen LogP contribution in [0.4, 0.5) is 0 Å². The van der Waals surface area contributed by atoms with Crippen LogP contribution in [0, 0.1) is 0 Å². The molecule has 1 aliphatic rings. The molecule has 100 valence electrons. The third-order valence-corrected chi connectivity index (χ3v) is 3.41. The van der Waals surface area contributed by atoms with E-state index < -0.39 is 0 Å². The molecule has 1 fully saturated rings. The molecule has 0 saturated carbocycles. The van der Waals surface area contributed by atoms with Crippen LogP contribution < -0.4 is 10.6 Å². The maximum absolute atomic E-state index is 5.66. The van der Waals surface area contributed by atoms with Crippen LogP contribution in [0.3, 0.4) is 0 Å². The minimum atomic E-state index is 0.383. The highest BCUT2D eigenvalue weighted by molar-refractivity contribution is 5.22. The quantitative estimate of drug-likeness (QED) is 0.752. The molecule has 1 aliphatic heterocycles. The van der Waals surface area contributed by atoms with E-state index in [1.807, 2.05) is 0 Å². The summed E-state index contributed by atoms with van der Waals surface area (Å²) in [5.41, 5.74) is 2.76. The van der Waals surface area contributed by atoms with E-state index in [9.17, 15) is 0 Å². The molecule has 2 N–H and O–H groups in total. The first kappa shape index (κ1) is 13.5.